The maximum atomic E-state index is 12.1. The number of likely N-dealkylation sites (N-methyl/N-ethyl adjacent to an activating group) is 1. The van der Waals surface area contributed by atoms with Crippen LogP contribution >= 0.6 is 0 Å². The zero-order valence-electron chi connectivity index (χ0n) is 11.9. The van der Waals surface area contributed by atoms with Crippen molar-refractivity contribution in [1.82, 2.24) is 29.4 Å². The van der Waals surface area contributed by atoms with Gasteiger partial charge in [-0.2, -0.15) is 5.10 Å². The Bertz CT molecular complexity index is 635. The van der Waals surface area contributed by atoms with Crippen molar-refractivity contribution >= 4 is 10.0 Å². The van der Waals surface area contributed by atoms with Crippen molar-refractivity contribution in [3.05, 3.63) is 31.1 Å². The summed E-state index contributed by atoms with van der Waals surface area (Å²) in [5.74, 6) is 0. The van der Waals surface area contributed by atoms with Crippen LogP contribution in [0.3, 0.4) is 0 Å². The third-order valence-electron chi connectivity index (χ3n) is 2.91. The first-order valence-electron chi connectivity index (χ1n) is 6.80. The van der Waals surface area contributed by atoms with E-state index in [1.807, 2.05) is 11.5 Å². The molecule has 0 aliphatic heterocycles. The van der Waals surface area contributed by atoms with Gasteiger partial charge in [-0.3, -0.25) is 4.68 Å². The Morgan fingerprint density at radius 3 is 2.86 bits per heavy atom. The zero-order valence-corrected chi connectivity index (χ0v) is 12.8. The Morgan fingerprint density at radius 2 is 2.14 bits per heavy atom. The van der Waals surface area contributed by atoms with Gasteiger partial charge in [0, 0.05) is 38.2 Å². The van der Waals surface area contributed by atoms with Crippen LogP contribution < -0.4 is 10.0 Å². The molecular formula is C12H20N6O2S. The second-order valence-electron chi connectivity index (χ2n) is 4.49. The first-order valence-corrected chi connectivity index (χ1v) is 8.28. The van der Waals surface area contributed by atoms with Crippen molar-refractivity contribution in [3.8, 4) is 0 Å². The Morgan fingerprint density at radius 1 is 1.29 bits per heavy atom. The summed E-state index contributed by atoms with van der Waals surface area (Å²) in [6.07, 6.45) is 7.99. The first kappa shape index (κ1) is 15.7. The first-order chi connectivity index (χ1) is 10.1. The molecule has 0 fully saturated rings. The van der Waals surface area contributed by atoms with Crippen LogP contribution in [0.5, 0.6) is 0 Å². The van der Waals surface area contributed by atoms with Gasteiger partial charge in [0.25, 0.3) is 0 Å². The minimum Gasteiger partial charge on any atom is -0.336 e. The van der Waals surface area contributed by atoms with Gasteiger partial charge in [-0.1, -0.05) is 6.92 Å². The molecule has 0 saturated carbocycles. The van der Waals surface area contributed by atoms with Crippen LogP contribution in [0.4, 0.5) is 0 Å². The van der Waals surface area contributed by atoms with Crippen molar-refractivity contribution in [3.63, 3.8) is 0 Å². The fourth-order valence-electron chi connectivity index (χ4n) is 1.79. The molecule has 2 aromatic heterocycles. The van der Waals surface area contributed by atoms with Gasteiger partial charge in [0.05, 0.1) is 19.1 Å². The summed E-state index contributed by atoms with van der Waals surface area (Å²) in [6, 6.07) is 0. The molecule has 2 rings (SSSR count). The van der Waals surface area contributed by atoms with Crippen LogP contribution in [0, 0.1) is 0 Å². The third-order valence-corrected chi connectivity index (χ3v) is 4.32. The molecule has 0 aromatic carbocycles. The summed E-state index contributed by atoms with van der Waals surface area (Å²) in [4.78, 5) is 4.09. The average molecular weight is 312 g/mol. The van der Waals surface area contributed by atoms with E-state index >= 15 is 0 Å². The van der Waals surface area contributed by atoms with E-state index < -0.39 is 10.0 Å². The van der Waals surface area contributed by atoms with Crippen LogP contribution in [0.2, 0.25) is 0 Å². The molecule has 0 unspecified atom stereocenters. The fourth-order valence-corrected chi connectivity index (χ4v) is 2.76. The average Bonchev–Trinajstić information content (AvgIpc) is 3.10. The number of nitrogens with zero attached hydrogens (tertiary/aromatic N) is 4. The summed E-state index contributed by atoms with van der Waals surface area (Å²) in [5, 5.41) is 7.21. The molecule has 0 spiro atoms. The molecular weight excluding hydrogens is 292 g/mol. The van der Waals surface area contributed by atoms with E-state index in [-0.39, 0.29) is 4.90 Å². The Hall–Kier alpha value is -1.71. The predicted molar refractivity (Wildman–Crippen MR) is 78.2 cm³/mol. The quantitative estimate of drug-likeness (QED) is 0.618. The maximum Gasteiger partial charge on any atom is 0.243 e. The van der Waals surface area contributed by atoms with E-state index in [1.165, 1.54) is 12.4 Å². The van der Waals surface area contributed by atoms with Crippen LogP contribution in [0.15, 0.2) is 36.0 Å². The predicted octanol–water partition coefficient (Wildman–Crippen LogP) is -0.332. The van der Waals surface area contributed by atoms with Crippen LogP contribution in [0.1, 0.15) is 6.92 Å². The summed E-state index contributed by atoms with van der Waals surface area (Å²) in [7, 11) is -3.51. The molecule has 0 bridgehead atoms. The summed E-state index contributed by atoms with van der Waals surface area (Å²) < 4.78 is 30.2. The minimum absolute atomic E-state index is 0.185. The molecule has 0 saturated heterocycles. The highest BCUT2D eigenvalue weighted by molar-refractivity contribution is 7.89. The zero-order chi connectivity index (χ0) is 15.1. The van der Waals surface area contributed by atoms with Crippen LogP contribution in [0.25, 0.3) is 0 Å². The maximum absolute atomic E-state index is 12.1. The highest BCUT2D eigenvalue weighted by Crippen LogP contribution is 2.06. The molecule has 8 nitrogen and oxygen atoms in total. The van der Waals surface area contributed by atoms with Crippen molar-refractivity contribution in [2.45, 2.75) is 24.9 Å². The van der Waals surface area contributed by atoms with Gasteiger partial charge < -0.3 is 9.88 Å². The number of rotatable bonds is 9. The fraction of sp³-hybridized carbons (Fsp3) is 0.500. The molecule has 21 heavy (non-hydrogen) atoms. The molecule has 2 heterocycles. The minimum atomic E-state index is -3.51. The highest BCUT2D eigenvalue weighted by Gasteiger charge is 2.15. The topological polar surface area (TPSA) is 93.8 Å². The van der Waals surface area contributed by atoms with Gasteiger partial charge in [-0.15, -0.1) is 0 Å². The van der Waals surface area contributed by atoms with Crippen LogP contribution in [-0.4, -0.2) is 47.4 Å². The monoisotopic (exact) mass is 312 g/mol. The molecule has 0 atom stereocenters. The lowest BCUT2D eigenvalue weighted by Crippen LogP contribution is -2.27. The smallest absolute Gasteiger partial charge is 0.243 e. The number of imidazole rings is 1. The molecule has 0 radical (unpaired) electrons. The number of hydrogen-bond acceptors (Lipinski definition) is 5. The standard InChI is InChI=1S/C12H20N6O2S/c1-2-13-4-8-18-10-12(9-15-18)21(19,20)16-5-7-17-6-3-14-11-17/h3,6,9-11,13,16H,2,4-5,7-8H2,1H3. The van der Waals surface area contributed by atoms with Crippen molar-refractivity contribution in [2.24, 2.45) is 0 Å². The Balaban J connectivity index is 1.86. The Labute approximate surface area is 124 Å². The molecule has 0 amide bonds. The molecule has 116 valence electrons. The number of nitrogens with one attached hydrogen (secondary N) is 2. The normalized spacial score (nSPS) is 11.9. The second kappa shape index (κ2) is 7.34. The van der Waals surface area contributed by atoms with E-state index in [9.17, 15) is 8.42 Å². The van der Waals surface area contributed by atoms with Gasteiger partial charge in [0.1, 0.15) is 4.90 Å². The molecule has 0 aliphatic carbocycles. The number of hydrogen-bond donors (Lipinski definition) is 2. The summed E-state index contributed by atoms with van der Waals surface area (Å²) in [6.45, 7) is 5.13. The molecule has 0 aliphatic rings. The lowest BCUT2D eigenvalue weighted by Gasteiger charge is -2.05. The lowest BCUT2D eigenvalue weighted by molar-refractivity contribution is 0.561. The van der Waals surface area contributed by atoms with E-state index in [4.69, 9.17) is 0 Å². The van der Waals surface area contributed by atoms with Gasteiger partial charge in [0.2, 0.25) is 10.0 Å². The van der Waals surface area contributed by atoms with Gasteiger partial charge in [-0.05, 0) is 6.54 Å². The van der Waals surface area contributed by atoms with Crippen molar-refractivity contribution in [1.29, 1.82) is 0 Å². The van der Waals surface area contributed by atoms with E-state index in [1.54, 1.807) is 23.4 Å². The molecule has 9 heteroatoms. The number of sulfonamides is 1. The number of aromatic nitrogens is 4. The van der Waals surface area contributed by atoms with E-state index in [2.05, 4.69) is 20.1 Å². The van der Waals surface area contributed by atoms with E-state index in [0.717, 1.165) is 13.1 Å². The van der Waals surface area contributed by atoms with Gasteiger partial charge in [0.15, 0.2) is 0 Å². The largest absolute Gasteiger partial charge is 0.336 e. The molecule has 2 aromatic rings. The third kappa shape index (κ3) is 4.66. The van der Waals surface area contributed by atoms with Gasteiger partial charge >= 0.3 is 0 Å². The van der Waals surface area contributed by atoms with Crippen molar-refractivity contribution < 1.29 is 8.42 Å². The second-order valence-corrected chi connectivity index (χ2v) is 6.26. The lowest BCUT2D eigenvalue weighted by atomic mass is 10.6. The van der Waals surface area contributed by atoms with Crippen molar-refractivity contribution in [2.75, 3.05) is 19.6 Å². The summed E-state index contributed by atoms with van der Waals surface area (Å²) >= 11 is 0. The SMILES string of the molecule is CCNCCn1cc(S(=O)(=O)NCCn2ccnc2)cn1. The van der Waals surface area contributed by atoms with Gasteiger partial charge in [-0.25, -0.2) is 18.1 Å². The van der Waals surface area contributed by atoms with Crippen LogP contribution in [-0.2, 0) is 23.1 Å². The summed E-state index contributed by atoms with van der Waals surface area (Å²) in [5.41, 5.74) is 0. The molecule has 2 N–H and O–H groups in total. The Kier molecular flexibility index (Phi) is 5.48. The van der Waals surface area contributed by atoms with E-state index in [0.29, 0.717) is 19.6 Å². The highest BCUT2D eigenvalue weighted by atomic mass is 32.2.